The van der Waals surface area contributed by atoms with Crippen molar-refractivity contribution in [2.45, 2.75) is 39.7 Å². The number of aromatic nitrogens is 2. The molecular formula is C22H26N4. The fourth-order valence-corrected chi connectivity index (χ4v) is 2.89. The summed E-state index contributed by atoms with van der Waals surface area (Å²) in [5.74, 6) is 2.35. The highest BCUT2D eigenvalue weighted by Crippen LogP contribution is 2.31. The highest BCUT2D eigenvalue weighted by atomic mass is 15.1. The van der Waals surface area contributed by atoms with Gasteiger partial charge in [-0.05, 0) is 29.5 Å². The first kappa shape index (κ1) is 17.9. The fourth-order valence-electron chi connectivity index (χ4n) is 2.89. The van der Waals surface area contributed by atoms with Gasteiger partial charge in [0.25, 0.3) is 0 Å². The molecule has 0 radical (unpaired) electrons. The summed E-state index contributed by atoms with van der Waals surface area (Å²) < 4.78 is 0. The highest BCUT2D eigenvalue weighted by molar-refractivity contribution is 5.64. The lowest BCUT2D eigenvalue weighted by atomic mass is 9.86. The molecule has 0 aliphatic rings. The Morgan fingerprint density at radius 1 is 0.846 bits per heavy atom. The molecule has 0 aliphatic heterocycles. The van der Waals surface area contributed by atoms with Gasteiger partial charge in [-0.1, -0.05) is 69.3 Å². The van der Waals surface area contributed by atoms with Gasteiger partial charge in [-0.2, -0.15) is 0 Å². The minimum Gasteiger partial charge on any atom is -0.366 e. The first-order valence-electron chi connectivity index (χ1n) is 8.92. The molecule has 0 unspecified atom stereocenters. The number of anilines is 3. The van der Waals surface area contributed by atoms with E-state index >= 15 is 0 Å². The summed E-state index contributed by atoms with van der Waals surface area (Å²) >= 11 is 0. The molecule has 0 spiro atoms. The van der Waals surface area contributed by atoms with Crippen molar-refractivity contribution in [3.05, 3.63) is 77.6 Å². The number of benzene rings is 2. The molecule has 2 N–H and O–H groups in total. The Morgan fingerprint density at radius 3 is 2.23 bits per heavy atom. The number of aryl methyl sites for hydroxylation is 1. The molecular weight excluding hydrogens is 320 g/mol. The number of nitrogens with one attached hydrogen (secondary N) is 2. The van der Waals surface area contributed by atoms with Crippen LogP contribution in [-0.2, 0) is 12.0 Å². The van der Waals surface area contributed by atoms with Crippen molar-refractivity contribution in [2.24, 2.45) is 0 Å². The van der Waals surface area contributed by atoms with Crippen molar-refractivity contribution in [1.29, 1.82) is 0 Å². The van der Waals surface area contributed by atoms with Gasteiger partial charge in [0.05, 0.1) is 0 Å². The normalized spacial score (nSPS) is 11.2. The molecule has 3 aromatic rings. The summed E-state index contributed by atoms with van der Waals surface area (Å²) in [5, 5.41) is 6.85. The first-order chi connectivity index (χ1) is 12.4. The lowest BCUT2D eigenvalue weighted by Crippen LogP contribution is -2.14. The van der Waals surface area contributed by atoms with Gasteiger partial charge >= 0.3 is 0 Å². The standard InChI is InChI=1S/C22H26N4/c1-16-24-20(23-15-17-10-6-5-7-11-17)14-21(25-16)26-19-13-9-8-12-18(19)22(2,3)4/h5-14H,15H2,1-4H3,(H2,23,24,25,26). The van der Waals surface area contributed by atoms with Crippen molar-refractivity contribution in [3.8, 4) is 0 Å². The zero-order chi connectivity index (χ0) is 18.6. The molecule has 0 saturated heterocycles. The number of hydrogen-bond donors (Lipinski definition) is 2. The molecule has 2 aromatic carbocycles. The Morgan fingerprint density at radius 2 is 1.50 bits per heavy atom. The predicted molar refractivity (Wildman–Crippen MR) is 109 cm³/mol. The van der Waals surface area contributed by atoms with Crippen molar-refractivity contribution < 1.29 is 0 Å². The summed E-state index contributed by atoms with van der Waals surface area (Å²) in [6, 6.07) is 20.6. The van der Waals surface area contributed by atoms with Gasteiger partial charge < -0.3 is 10.6 Å². The Balaban J connectivity index is 1.80. The molecule has 1 heterocycles. The quantitative estimate of drug-likeness (QED) is 0.646. The van der Waals surface area contributed by atoms with E-state index in [0.29, 0.717) is 0 Å². The van der Waals surface area contributed by atoms with Gasteiger partial charge in [-0.3, -0.25) is 0 Å². The van der Waals surface area contributed by atoms with Crippen LogP contribution in [0.4, 0.5) is 17.3 Å². The molecule has 134 valence electrons. The number of hydrogen-bond acceptors (Lipinski definition) is 4. The first-order valence-corrected chi connectivity index (χ1v) is 8.92. The van der Waals surface area contributed by atoms with Gasteiger partial charge in [0, 0.05) is 18.3 Å². The molecule has 3 rings (SSSR count). The van der Waals surface area contributed by atoms with Crippen LogP contribution in [0.15, 0.2) is 60.7 Å². The van der Waals surface area contributed by atoms with E-state index in [0.717, 1.165) is 29.7 Å². The van der Waals surface area contributed by atoms with Crippen LogP contribution in [0, 0.1) is 6.92 Å². The molecule has 0 amide bonds. The van der Waals surface area contributed by atoms with E-state index in [1.807, 2.05) is 37.3 Å². The molecule has 0 atom stereocenters. The summed E-state index contributed by atoms with van der Waals surface area (Å²) in [6.07, 6.45) is 0. The summed E-state index contributed by atoms with van der Waals surface area (Å²) in [5.41, 5.74) is 3.61. The van der Waals surface area contributed by atoms with E-state index in [9.17, 15) is 0 Å². The van der Waals surface area contributed by atoms with E-state index in [2.05, 4.69) is 71.7 Å². The lowest BCUT2D eigenvalue weighted by molar-refractivity contribution is 0.592. The largest absolute Gasteiger partial charge is 0.366 e. The highest BCUT2D eigenvalue weighted by Gasteiger charge is 2.17. The lowest BCUT2D eigenvalue weighted by Gasteiger charge is -2.23. The Bertz CT molecular complexity index is 867. The topological polar surface area (TPSA) is 49.8 Å². The SMILES string of the molecule is Cc1nc(NCc2ccccc2)cc(Nc2ccccc2C(C)(C)C)n1. The maximum atomic E-state index is 4.55. The molecule has 0 bridgehead atoms. The van der Waals surface area contributed by atoms with Crippen molar-refractivity contribution in [2.75, 3.05) is 10.6 Å². The Labute approximate surface area is 155 Å². The second-order valence-corrected chi connectivity index (χ2v) is 7.45. The van der Waals surface area contributed by atoms with Crippen LogP contribution in [0.3, 0.4) is 0 Å². The Kier molecular flexibility index (Phi) is 5.21. The summed E-state index contributed by atoms with van der Waals surface area (Å²) in [7, 11) is 0. The van der Waals surface area contributed by atoms with Crippen LogP contribution in [0.5, 0.6) is 0 Å². The monoisotopic (exact) mass is 346 g/mol. The Hall–Kier alpha value is -2.88. The fraction of sp³-hybridized carbons (Fsp3) is 0.273. The van der Waals surface area contributed by atoms with Crippen molar-refractivity contribution in [1.82, 2.24) is 9.97 Å². The number of para-hydroxylation sites is 1. The van der Waals surface area contributed by atoms with Crippen LogP contribution in [-0.4, -0.2) is 9.97 Å². The number of nitrogens with zero attached hydrogens (tertiary/aromatic N) is 2. The van der Waals surface area contributed by atoms with Crippen LogP contribution < -0.4 is 10.6 Å². The molecule has 0 fully saturated rings. The number of rotatable bonds is 5. The minimum atomic E-state index is 0.0556. The molecule has 0 aliphatic carbocycles. The molecule has 1 aromatic heterocycles. The van der Waals surface area contributed by atoms with E-state index < -0.39 is 0 Å². The zero-order valence-electron chi connectivity index (χ0n) is 15.9. The van der Waals surface area contributed by atoms with Crippen LogP contribution >= 0.6 is 0 Å². The summed E-state index contributed by atoms with van der Waals surface area (Å²) in [4.78, 5) is 9.04. The van der Waals surface area contributed by atoms with Crippen molar-refractivity contribution in [3.63, 3.8) is 0 Å². The van der Waals surface area contributed by atoms with Gasteiger partial charge in [-0.25, -0.2) is 9.97 Å². The molecule has 4 heteroatoms. The van der Waals surface area contributed by atoms with Crippen LogP contribution in [0.1, 0.15) is 37.7 Å². The molecule has 4 nitrogen and oxygen atoms in total. The van der Waals surface area contributed by atoms with E-state index in [-0.39, 0.29) is 5.41 Å². The third-order valence-electron chi connectivity index (χ3n) is 4.15. The minimum absolute atomic E-state index is 0.0556. The van der Waals surface area contributed by atoms with Gasteiger partial charge in [0.1, 0.15) is 17.5 Å². The van der Waals surface area contributed by atoms with Crippen LogP contribution in [0.25, 0.3) is 0 Å². The third kappa shape index (κ3) is 4.60. The maximum absolute atomic E-state index is 4.55. The van der Waals surface area contributed by atoms with Crippen molar-refractivity contribution >= 4 is 17.3 Å². The average molecular weight is 346 g/mol. The predicted octanol–water partition coefficient (Wildman–Crippen LogP) is 5.44. The van der Waals surface area contributed by atoms with Gasteiger partial charge in [0.15, 0.2) is 0 Å². The zero-order valence-corrected chi connectivity index (χ0v) is 15.9. The second-order valence-electron chi connectivity index (χ2n) is 7.45. The van der Waals surface area contributed by atoms with E-state index in [1.165, 1.54) is 11.1 Å². The van der Waals surface area contributed by atoms with Gasteiger partial charge in [-0.15, -0.1) is 0 Å². The average Bonchev–Trinajstić information content (AvgIpc) is 2.60. The molecule has 26 heavy (non-hydrogen) atoms. The summed E-state index contributed by atoms with van der Waals surface area (Å²) in [6.45, 7) is 9.28. The maximum Gasteiger partial charge on any atom is 0.136 e. The van der Waals surface area contributed by atoms with Crippen LogP contribution in [0.2, 0.25) is 0 Å². The van der Waals surface area contributed by atoms with E-state index in [4.69, 9.17) is 0 Å². The second kappa shape index (κ2) is 7.56. The van der Waals surface area contributed by atoms with E-state index in [1.54, 1.807) is 0 Å². The smallest absolute Gasteiger partial charge is 0.136 e. The third-order valence-corrected chi connectivity index (χ3v) is 4.15. The molecule has 0 saturated carbocycles. The van der Waals surface area contributed by atoms with Gasteiger partial charge in [0.2, 0.25) is 0 Å².